The minimum atomic E-state index is -0.485. The van der Waals surface area contributed by atoms with E-state index in [1.807, 2.05) is 30.3 Å². The minimum Gasteiger partial charge on any atom is -0.462 e. The molecular formula is C25H28N8O2. The molecule has 1 saturated heterocycles. The van der Waals surface area contributed by atoms with Crippen LogP contribution in [0.1, 0.15) is 17.3 Å². The summed E-state index contributed by atoms with van der Waals surface area (Å²) in [7, 11) is 2.15. The van der Waals surface area contributed by atoms with E-state index in [9.17, 15) is 4.79 Å². The van der Waals surface area contributed by atoms with Crippen LogP contribution >= 0.6 is 0 Å². The molecule has 0 amide bonds. The molecule has 1 aliphatic rings. The van der Waals surface area contributed by atoms with Crippen molar-refractivity contribution < 1.29 is 9.53 Å². The van der Waals surface area contributed by atoms with E-state index in [2.05, 4.69) is 59.8 Å². The summed E-state index contributed by atoms with van der Waals surface area (Å²) < 4.78 is 5.20. The van der Waals surface area contributed by atoms with Crippen LogP contribution in [0.4, 0.5) is 28.8 Å². The van der Waals surface area contributed by atoms with Crippen LogP contribution in [0.25, 0.3) is 10.9 Å². The molecule has 1 aliphatic heterocycles. The smallest absolute Gasteiger partial charge is 0.343 e. The summed E-state index contributed by atoms with van der Waals surface area (Å²) >= 11 is 0. The van der Waals surface area contributed by atoms with Gasteiger partial charge in [0.15, 0.2) is 5.82 Å². The predicted octanol–water partition coefficient (Wildman–Crippen LogP) is 3.77. The van der Waals surface area contributed by atoms with E-state index < -0.39 is 5.97 Å². The van der Waals surface area contributed by atoms with Crippen molar-refractivity contribution in [3.05, 3.63) is 60.4 Å². The molecule has 5 rings (SSSR count). The molecule has 3 heterocycles. The average Bonchev–Trinajstić information content (AvgIpc) is 3.33. The molecule has 4 aromatic rings. The van der Waals surface area contributed by atoms with Crippen LogP contribution in [0.15, 0.2) is 54.9 Å². The Morgan fingerprint density at radius 1 is 1.03 bits per heavy atom. The highest BCUT2D eigenvalue weighted by Gasteiger charge is 2.17. The summed E-state index contributed by atoms with van der Waals surface area (Å²) in [6, 6.07) is 14.0. The van der Waals surface area contributed by atoms with Crippen LogP contribution in [0.5, 0.6) is 0 Å². The molecule has 10 heteroatoms. The number of nitrogens with one attached hydrogen (secondary N) is 3. The second-order valence-corrected chi connectivity index (χ2v) is 8.44. The van der Waals surface area contributed by atoms with Crippen molar-refractivity contribution in [3.63, 3.8) is 0 Å². The first kappa shape index (κ1) is 22.6. The number of aromatic amines is 1. The number of nitrogens with zero attached hydrogens (tertiary/aromatic N) is 5. The van der Waals surface area contributed by atoms with E-state index >= 15 is 0 Å². The van der Waals surface area contributed by atoms with Gasteiger partial charge in [-0.15, -0.1) is 0 Å². The zero-order valence-electron chi connectivity index (χ0n) is 19.8. The second kappa shape index (κ2) is 9.98. The van der Waals surface area contributed by atoms with Crippen molar-refractivity contribution in [2.45, 2.75) is 6.92 Å². The van der Waals surface area contributed by atoms with Crippen molar-refractivity contribution in [1.29, 1.82) is 0 Å². The number of hydrogen-bond acceptors (Lipinski definition) is 9. The average molecular weight is 473 g/mol. The molecule has 2 aromatic carbocycles. The Kier molecular flexibility index (Phi) is 6.44. The van der Waals surface area contributed by atoms with E-state index in [0.29, 0.717) is 11.8 Å². The van der Waals surface area contributed by atoms with Crippen molar-refractivity contribution in [2.75, 3.05) is 55.4 Å². The number of rotatable bonds is 7. The Hall–Kier alpha value is -4.18. The molecule has 0 aliphatic carbocycles. The van der Waals surface area contributed by atoms with Crippen LogP contribution in [0.2, 0.25) is 0 Å². The predicted molar refractivity (Wildman–Crippen MR) is 137 cm³/mol. The number of aromatic nitrogens is 4. The number of piperazine rings is 1. The van der Waals surface area contributed by atoms with Gasteiger partial charge in [-0.3, -0.25) is 5.10 Å². The Bertz CT molecular complexity index is 1310. The molecule has 2 aromatic heterocycles. The van der Waals surface area contributed by atoms with Gasteiger partial charge in [0.2, 0.25) is 5.95 Å². The maximum absolute atomic E-state index is 12.5. The molecule has 180 valence electrons. The fourth-order valence-corrected chi connectivity index (χ4v) is 4.00. The minimum absolute atomic E-state index is 0.257. The summed E-state index contributed by atoms with van der Waals surface area (Å²) in [6.07, 6.45) is 3.23. The quantitative estimate of drug-likeness (QED) is 0.346. The molecule has 0 spiro atoms. The lowest BCUT2D eigenvalue weighted by molar-refractivity contribution is 0.0526. The summed E-state index contributed by atoms with van der Waals surface area (Å²) in [5.74, 6) is 0.241. The zero-order chi connectivity index (χ0) is 24.2. The number of fused-ring (bicyclic) bond motifs is 1. The molecule has 0 saturated carbocycles. The van der Waals surface area contributed by atoms with Crippen LogP contribution in [0, 0.1) is 0 Å². The van der Waals surface area contributed by atoms with E-state index in [-0.39, 0.29) is 12.2 Å². The first-order valence-electron chi connectivity index (χ1n) is 11.6. The molecule has 35 heavy (non-hydrogen) atoms. The number of carbonyl (C=O) groups is 1. The number of hydrogen-bond donors (Lipinski definition) is 3. The maximum Gasteiger partial charge on any atom is 0.343 e. The Balaban J connectivity index is 1.36. The number of anilines is 5. The van der Waals surface area contributed by atoms with Crippen LogP contribution in [-0.2, 0) is 4.74 Å². The standard InChI is InChI=1S/C25H28N8O2/c1-3-35-24(34)21-16-26-25(30-23(21)28-19-5-4-17-15-27-31-22(17)14-19)29-18-6-8-20(9-7-18)33-12-10-32(2)11-13-33/h4-9,14-16H,3,10-13H2,1-2H3,(H,27,31)(H2,26,28,29,30). The Morgan fingerprint density at radius 2 is 1.80 bits per heavy atom. The van der Waals surface area contributed by atoms with E-state index in [4.69, 9.17) is 4.74 Å². The molecule has 0 unspecified atom stereocenters. The molecule has 3 N–H and O–H groups in total. The molecule has 0 bridgehead atoms. The van der Waals surface area contributed by atoms with Gasteiger partial charge in [0.1, 0.15) is 5.56 Å². The molecular weight excluding hydrogens is 444 g/mol. The van der Waals surface area contributed by atoms with Gasteiger partial charge < -0.3 is 25.2 Å². The highest BCUT2D eigenvalue weighted by Crippen LogP contribution is 2.25. The second-order valence-electron chi connectivity index (χ2n) is 8.44. The van der Waals surface area contributed by atoms with Crippen molar-refractivity contribution in [3.8, 4) is 0 Å². The maximum atomic E-state index is 12.5. The van der Waals surface area contributed by atoms with Gasteiger partial charge in [-0.25, -0.2) is 9.78 Å². The topological polar surface area (TPSA) is 111 Å². The lowest BCUT2D eigenvalue weighted by Gasteiger charge is -2.34. The van der Waals surface area contributed by atoms with Gasteiger partial charge in [-0.2, -0.15) is 10.1 Å². The fourth-order valence-electron chi connectivity index (χ4n) is 4.00. The first-order chi connectivity index (χ1) is 17.1. The van der Waals surface area contributed by atoms with Gasteiger partial charge in [0, 0.05) is 54.8 Å². The molecule has 1 fully saturated rings. The Morgan fingerprint density at radius 3 is 2.57 bits per heavy atom. The van der Waals surface area contributed by atoms with E-state index in [1.165, 1.54) is 11.9 Å². The zero-order valence-corrected chi connectivity index (χ0v) is 19.8. The first-order valence-corrected chi connectivity index (χ1v) is 11.6. The summed E-state index contributed by atoms with van der Waals surface area (Å²) in [5.41, 5.74) is 3.94. The third-order valence-electron chi connectivity index (χ3n) is 5.98. The van der Waals surface area contributed by atoms with Crippen LogP contribution < -0.4 is 15.5 Å². The highest BCUT2D eigenvalue weighted by molar-refractivity contribution is 5.95. The number of likely N-dealkylation sites (N-methyl/N-ethyl adjacent to an activating group) is 1. The number of carbonyl (C=O) groups excluding carboxylic acids is 1. The fraction of sp³-hybridized carbons (Fsp3) is 0.280. The molecule has 10 nitrogen and oxygen atoms in total. The monoisotopic (exact) mass is 472 g/mol. The van der Waals surface area contributed by atoms with Crippen molar-refractivity contribution >= 4 is 45.7 Å². The third kappa shape index (κ3) is 5.17. The van der Waals surface area contributed by atoms with Gasteiger partial charge in [0.05, 0.1) is 18.3 Å². The summed E-state index contributed by atoms with van der Waals surface area (Å²) in [6.45, 7) is 6.17. The van der Waals surface area contributed by atoms with Crippen LogP contribution in [0.3, 0.4) is 0 Å². The van der Waals surface area contributed by atoms with Gasteiger partial charge in [-0.05, 0) is 56.4 Å². The highest BCUT2D eigenvalue weighted by atomic mass is 16.5. The summed E-state index contributed by atoms with van der Waals surface area (Å²) in [5, 5.41) is 14.4. The number of benzene rings is 2. The lowest BCUT2D eigenvalue weighted by atomic mass is 10.2. The lowest BCUT2D eigenvalue weighted by Crippen LogP contribution is -2.44. The SMILES string of the molecule is CCOC(=O)c1cnc(Nc2ccc(N3CCN(C)CC3)cc2)nc1Nc1ccc2cn[nH]c2c1. The normalized spacial score (nSPS) is 14.2. The number of esters is 1. The number of ether oxygens (including phenoxy) is 1. The molecule has 0 radical (unpaired) electrons. The Labute approximate surface area is 203 Å². The van der Waals surface area contributed by atoms with Crippen molar-refractivity contribution in [2.24, 2.45) is 0 Å². The van der Waals surface area contributed by atoms with E-state index in [1.54, 1.807) is 13.1 Å². The summed E-state index contributed by atoms with van der Waals surface area (Å²) in [4.78, 5) is 26.2. The third-order valence-corrected chi connectivity index (χ3v) is 5.98. The van der Waals surface area contributed by atoms with Crippen LogP contribution in [-0.4, -0.2) is 70.9 Å². The van der Waals surface area contributed by atoms with Gasteiger partial charge in [-0.1, -0.05) is 0 Å². The molecule has 0 atom stereocenters. The largest absolute Gasteiger partial charge is 0.462 e. The van der Waals surface area contributed by atoms with E-state index in [0.717, 1.165) is 48.5 Å². The van der Waals surface area contributed by atoms with Gasteiger partial charge >= 0.3 is 5.97 Å². The number of H-pyrrole nitrogens is 1. The van der Waals surface area contributed by atoms with Gasteiger partial charge in [0.25, 0.3) is 0 Å². The van der Waals surface area contributed by atoms with Crippen molar-refractivity contribution in [1.82, 2.24) is 25.1 Å².